The van der Waals surface area contributed by atoms with Gasteiger partial charge in [0, 0.05) is 18.1 Å². The third-order valence-corrected chi connectivity index (χ3v) is 3.75. The van der Waals surface area contributed by atoms with Gasteiger partial charge in [-0.2, -0.15) is 11.8 Å². The van der Waals surface area contributed by atoms with Gasteiger partial charge in [-0.25, -0.2) is 0 Å². The predicted molar refractivity (Wildman–Crippen MR) is 59.9 cm³/mol. The molecule has 1 rings (SSSR count). The first-order valence-electron chi connectivity index (χ1n) is 5.25. The molecule has 1 amide bonds. The molecule has 1 heterocycles. The topological polar surface area (TPSA) is 66.4 Å². The van der Waals surface area contributed by atoms with Gasteiger partial charge in [0.25, 0.3) is 0 Å². The lowest BCUT2D eigenvalue weighted by molar-refractivity contribution is -0.145. The first kappa shape index (κ1) is 12.4. The van der Waals surface area contributed by atoms with E-state index in [2.05, 4.69) is 12.2 Å². The van der Waals surface area contributed by atoms with Gasteiger partial charge >= 0.3 is 5.97 Å². The fourth-order valence-electron chi connectivity index (χ4n) is 1.58. The molecular formula is C10H17NO3S. The van der Waals surface area contributed by atoms with Gasteiger partial charge < -0.3 is 10.4 Å². The van der Waals surface area contributed by atoms with E-state index in [-0.39, 0.29) is 11.8 Å². The maximum Gasteiger partial charge on any atom is 0.308 e. The van der Waals surface area contributed by atoms with Gasteiger partial charge in [-0.15, -0.1) is 0 Å². The number of amides is 1. The number of thioether (sulfide) groups is 1. The van der Waals surface area contributed by atoms with E-state index in [1.54, 1.807) is 11.8 Å². The molecule has 4 nitrogen and oxygen atoms in total. The van der Waals surface area contributed by atoms with Crippen LogP contribution in [0.2, 0.25) is 0 Å². The van der Waals surface area contributed by atoms with Crippen molar-refractivity contribution in [1.29, 1.82) is 0 Å². The van der Waals surface area contributed by atoms with Crippen LogP contribution < -0.4 is 5.32 Å². The van der Waals surface area contributed by atoms with Gasteiger partial charge in [0.2, 0.25) is 5.91 Å². The Bertz CT molecular complexity index is 245. The van der Waals surface area contributed by atoms with Gasteiger partial charge in [0.1, 0.15) is 0 Å². The molecule has 0 aromatic carbocycles. The van der Waals surface area contributed by atoms with Crippen molar-refractivity contribution in [3.05, 3.63) is 0 Å². The zero-order chi connectivity index (χ0) is 11.3. The number of unbranched alkanes of at least 4 members (excludes halogenated alkanes) is 1. The highest BCUT2D eigenvalue weighted by Gasteiger charge is 2.38. The van der Waals surface area contributed by atoms with Gasteiger partial charge in [-0.3, -0.25) is 9.59 Å². The Labute approximate surface area is 93.8 Å². The molecule has 0 radical (unpaired) electrons. The average molecular weight is 231 g/mol. The number of carbonyl (C=O) groups is 2. The van der Waals surface area contributed by atoms with E-state index in [1.807, 2.05) is 0 Å². The summed E-state index contributed by atoms with van der Waals surface area (Å²) in [6, 6.07) is 0. The Balaban J connectivity index is 2.40. The molecule has 0 spiro atoms. The minimum absolute atomic E-state index is 0.0964. The van der Waals surface area contributed by atoms with Crippen LogP contribution in [-0.2, 0) is 9.59 Å². The van der Waals surface area contributed by atoms with Gasteiger partial charge in [-0.1, -0.05) is 13.3 Å². The smallest absolute Gasteiger partial charge is 0.308 e. The van der Waals surface area contributed by atoms with Gasteiger partial charge in [0.15, 0.2) is 0 Å². The summed E-state index contributed by atoms with van der Waals surface area (Å²) in [6.07, 6.45) is 1.98. The Morgan fingerprint density at radius 2 is 2.07 bits per heavy atom. The minimum atomic E-state index is -0.851. The zero-order valence-electron chi connectivity index (χ0n) is 8.86. The van der Waals surface area contributed by atoms with Crippen molar-refractivity contribution in [2.24, 2.45) is 11.8 Å². The largest absolute Gasteiger partial charge is 0.481 e. The summed E-state index contributed by atoms with van der Waals surface area (Å²) in [4.78, 5) is 22.5. The normalized spacial score (nSPS) is 25.1. The van der Waals surface area contributed by atoms with E-state index >= 15 is 0 Å². The summed E-state index contributed by atoms with van der Waals surface area (Å²) < 4.78 is 0. The molecule has 0 unspecified atom stereocenters. The molecule has 1 aliphatic heterocycles. The zero-order valence-corrected chi connectivity index (χ0v) is 9.68. The summed E-state index contributed by atoms with van der Waals surface area (Å²) in [5.74, 6) is -0.603. The van der Waals surface area contributed by atoms with Crippen LogP contribution in [0.5, 0.6) is 0 Å². The predicted octanol–water partition coefficient (Wildman–Crippen LogP) is 0.967. The van der Waals surface area contributed by atoms with E-state index in [0.717, 1.165) is 12.8 Å². The molecule has 0 aromatic rings. The summed E-state index contributed by atoms with van der Waals surface area (Å²) in [5.41, 5.74) is 0. The third-order valence-electron chi connectivity index (χ3n) is 2.56. The maximum atomic E-state index is 11.6. The van der Waals surface area contributed by atoms with Gasteiger partial charge in [-0.05, 0) is 6.42 Å². The van der Waals surface area contributed by atoms with Crippen LogP contribution in [-0.4, -0.2) is 35.0 Å². The summed E-state index contributed by atoms with van der Waals surface area (Å²) in [6.45, 7) is 2.71. The maximum absolute atomic E-state index is 11.6. The van der Waals surface area contributed by atoms with Gasteiger partial charge in [0.05, 0.1) is 11.8 Å². The Kier molecular flexibility index (Phi) is 4.94. The lowest BCUT2D eigenvalue weighted by atomic mass is 9.95. The molecule has 15 heavy (non-hydrogen) atoms. The molecule has 0 bridgehead atoms. The number of aliphatic carboxylic acids is 1. The van der Waals surface area contributed by atoms with Crippen molar-refractivity contribution in [2.45, 2.75) is 19.8 Å². The average Bonchev–Trinajstić information content (AvgIpc) is 2.66. The van der Waals surface area contributed by atoms with E-state index < -0.39 is 11.9 Å². The van der Waals surface area contributed by atoms with E-state index in [0.29, 0.717) is 18.1 Å². The van der Waals surface area contributed by atoms with Crippen molar-refractivity contribution in [3.63, 3.8) is 0 Å². The first-order chi connectivity index (χ1) is 7.16. The second-order valence-corrected chi connectivity index (χ2v) is 4.81. The summed E-state index contributed by atoms with van der Waals surface area (Å²) in [5, 5.41) is 11.7. The van der Waals surface area contributed by atoms with E-state index in [9.17, 15) is 9.59 Å². The van der Waals surface area contributed by atoms with Crippen LogP contribution in [0, 0.1) is 11.8 Å². The molecular weight excluding hydrogens is 214 g/mol. The number of hydrogen-bond donors (Lipinski definition) is 2. The Morgan fingerprint density at radius 1 is 1.40 bits per heavy atom. The number of carboxylic acids is 1. The molecule has 2 N–H and O–H groups in total. The molecule has 1 aliphatic rings. The van der Waals surface area contributed by atoms with Crippen LogP contribution in [0.4, 0.5) is 0 Å². The molecule has 1 fully saturated rings. The monoisotopic (exact) mass is 231 g/mol. The van der Waals surface area contributed by atoms with Crippen LogP contribution in [0.1, 0.15) is 19.8 Å². The molecule has 5 heteroatoms. The molecule has 2 atom stereocenters. The van der Waals surface area contributed by atoms with Crippen molar-refractivity contribution in [2.75, 3.05) is 18.1 Å². The molecule has 0 saturated carbocycles. The van der Waals surface area contributed by atoms with Crippen LogP contribution in [0.3, 0.4) is 0 Å². The van der Waals surface area contributed by atoms with Crippen molar-refractivity contribution in [3.8, 4) is 0 Å². The number of rotatable bonds is 5. The number of carboxylic acid groups (broad SMARTS) is 1. The highest BCUT2D eigenvalue weighted by Crippen LogP contribution is 2.30. The summed E-state index contributed by atoms with van der Waals surface area (Å²) >= 11 is 1.54. The lowest BCUT2D eigenvalue weighted by Crippen LogP contribution is -2.37. The molecule has 86 valence electrons. The first-order valence-corrected chi connectivity index (χ1v) is 6.40. The Morgan fingerprint density at radius 3 is 2.67 bits per heavy atom. The summed E-state index contributed by atoms with van der Waals surface area (Å²) in [7, 11) is 0. The molecule has 0 aromatic heterocycles. The second kappa shape index (κ2) is 6.00. The van der Waals surface area contributed by atoms with E-state index in [4.69, 9.17) is 5.11 Å². The number of carbonyl (C=O) groups excluding carboxylic acids is 1. The van der Waals surface area contributed by atoms with E-state index in [1.165, 1.54) is 0 Å². The minimum Gasteiger partial charge on any atom is -0.481 e. The second-order valence-electron chi connectivity index (χ2n) is 3.73. The van der Waals surface area contributed by atoms with Crippen LogP contribution in [0.25, 0.3) is 0 Å². The highest BCUT2D eigenvalue weighted by molar-refractivity contribution is 7.99. The van der Waals surface area contributed by atoms with Crippen molar-refractivity contribution in [1.82, 2.24) is 5.32 Å². The fourth-order valence-corrected chi connectivity index (χ4v) is 2.98. The van der Waals surface area contributed by atoms with Crippen LogP contribution in [0.15, 0.2) is 0 Å². The third kappa shape index (κ3) is 3.41. The molecule has 1 saturated heterocycles. The number of hydrogen-bond acceptors (Lipinski definition) is 3. The highest BCUT2D eigenvalue weighted by atomic mass is 32.2. The van der Waals surface area contributed by atoms with Crippen molar-refractivity contribution < 1.29 is 14.7 Å². The number of nitrogens with one attached hydrogen (secondary N) is 1. The molecule has 0 aliphatic carbocycles. The van der Waals surface area contributed by atoms with Crippen LogP contribution >= 0.6 is 11.8 Å². The SMILES string of the molecule is CCCCNC(=O)[C@@H]1CSC[C@@H]1C(=O)O. The fraction of sp³-hybridized carbons (Fsp3) is 0.800. The van der Waals surface area contributed by atoms with Crippen molar-refractivity contribution >= 4 is 23.6 Å². The lowest BCUT2D eigenvalue weighted by Gasteiger charge is -2.14. The standard InChI is InChI=1S/C10H17NO3S/c1-2-3-4-11-9(12)7-5-15-6-8(7)10(13)14/h7-8H,2-6H2,1H3,(H,11,12)(H,13,14)/t7-,8+/m1/s1. The quantitative estimate of drug-likeness (QED) is 0.692. The Hall–Kier alpha value is -0.710.